The smallest absolute Gasteiger partial charge is 0.318 e. The maximum Gasteiger partial charge on any atom is 0.318 e. The third kappa shape index (κ3) is 6.35. The third-order valence-electron chi connectivity index (χ3n) is 5.37. The Hall–Kier alpha value is -2.80. The van der Waals surface area contributed by atoms with Crippen LogP contribution < -0.4 is 5.32 Å². The summed E-state index contributed by atoms with van der Waals surface area (Å²) < 4.78 is 7.16. The zero-order chi connectivity index (χ0) is 21.3. The number of carbonyl (C=O) groups is 2. The van der Waals surface area contributed by atoms with Gasteiger partial charge in [-0.2, -0.15) is 0 Å². The molecule has 0 saturated heterocycles. The summed E-state index contributed by atoms with van der Waals surface area (Å²) in [6.45, 7) is 2.11. The number of urea groups is 1. The first-order chi connectivity index (χ1) is 14.6. The average Bonchev–Trinajstić information content (AvgIpc) is 3.52. The van der Waals surface area contributed by atoms with Gasteiger partial charge in [-0.25, -0.2) is 4.79 Å². The van der Waals surface area contributed by atoms with Crippen molar-refractivity contribution in [3.8, 4) is 0 Å². The van der Waals surface area contributed by atoms with Gasteiger partial charge in [-0.3, -0.25) is 4.79 Å². The van der Waals surface area contributed by atoms with E-state index < -0.39 is 0 Å². The Kier molecular flexibility index (Phi) is 7.90. The number of aromatic nitrogens is 1. The molecular formula is C23H32N4O3. The number of nitrogens with one attached hydrogen (secondary N) is 1. The van der Waals surface area contributed by atoms with E-state index in [2.05, 4.69) is 5.32 Å². The fourth-order valence-corrected chi connectivity index (χ4v) is 3.43. The number of benzene rings is 1. The molecule has 0 aliphatic heterocycles. The molecule has 0 unspecified atom stereocenters. The molecule has 1 fully saturated rings. The molecule has 3 rings (SSSR count). The first kappa shape index (κ1) is 21.9. The van der Waals surface area contributed by atoms with Crippen LogP contribution in [0.2, 0.25) is 0 Å². The van der Waals surface area contributed by atoms with Gasteiger partial charge in [0.1, 0.15) is 6.54 Å². The maximum atomic E-state index is 13.1. The van der Waals surface area contributed by atoms with E-state index >= 15 is 0 Å². The predicted molar refractivity (Wildman–Crippen MR) is 116 cm³/mol. The van der Waals surface area contributed by atoms with Crippen molar-refractivity contribution in [3.63, 3.8) is 0 Å². The van der Waals surface area contributed by atoms with Gasteiger partial charge < -0.3 is 24.4 Å². The van der Waals surface area contributed by atoms with E-state index in [0.717, 1.165) is 24.1 Å². The lowest BCUT2D eigenvalue weighted by molar-refractivity contribution is -0.133. The first-order valence-electron chi connectivity index (χ1n) is 10.5. The summed E-state index contributed by atoms with van der Waals surface area (Å²) in [5, 5.41) is 2.94. The van der Waals surface area contributed by atoms with Gasteiger partial charge in [0.2, 0.25) is 5.91 Å². The number of hydrogen-bond acceptors (Lipinski definition) is 3. The highest BCUT2D eigenvalue weighted by Crippen LogP contribution is 2.28. The summed E-state index contributed by atoms with van der Waals surface area (Å²) in [5.41, 5.74) is 2.12. The third-order valence-corrected chi connectivity index (χ3v) is 5.37. The molecule has 1 N–H and O–H groups in total. The van der Waals surface area contributed by atoms with Crippen LogP contribution in [0.3, 0.4) is 0 Å². The normalized spacial score (nSPS) is 13.1. The Balaban J connectivity index is 1.62. The Morgan fingerprint density at radius 1 is 1.17 bits per heavy atom. The van der Waals surface area contributed by atoms with Crippen molar-refractivity contribution in [2.45, 2.75) is 38.4 Å². The molecule has 1 aliphatic carbocycles. The number of ether oxygens (including phenoxy) is 1. The molecule has 7 nitrogen and oxygen atoms in total. The molecule has 0 spiro atoms. The summed E-state index contributed by atoms with van der Waals surface area (Å²) >= 11 is 0. The van der Waals surface area contributed by atoms with E-state index in [1.165, 1.54) is 0 Å². The molecule has 0 radical (unpaired) electrons. The minimum absolute atomic E-state index is 0.00835. The van der Waals surface area contributed by atoms with Crippen LogP contribution in [0, 0.1) is 0 Å². The van der Waals surface area contributed by atoms with Gasteiger partial charge in [0, 0.05) is 51.8 Å². The predicted octanol–water partition coefficient (Wildman–Crippen LogP) is 2.76. The second-order valence-electron chi connectivity index (χ2n) is 7.78. The van der Waals surface area contributed by atoms with Gasteiger partial charge in [-0.15, -0.1) is 0 Å². The molecule has 3 amide bonds. The molecule has 162 valence electrons. The highest BCUT2D eigenvalue weighted by Gasteiger charge is 2.34. The zero-order valence-corrected chi connectivity index (χ0v) is 17.9. The Labute approximate surface area is 178 Å². The van der Waals surface area contributed by atoms with Gasteiger partial charge in [-0.05, 0) is 37.0 Å². The molecule has 1 aromatic heterocycles. The fraction of sp³-hybridized carbons (Fsp3) is 0.478. The van der Waals surface area contributed by atoms with E-state index in [4.69, 9.17) is 4.74 Å². The van der Waals surface area contributed by atoms with Crippen molar-refractivity contribution in [1.82, 2.24) is 19.7 Å². The van der Waals surface area contributed by atoms with E-state index in [0.29, 0.717) is 32.7 Å². The molecule has 7 heteroatoms. The fourth-order valence-electron chi connectivity index (χ4n) is 3.43. The highest BCUT2D eigenvalue weighted by molar-refractivity contribution is 5.84. The molecule has 1 saturated carbocycles. The molecule has 2 aromatic rings. The van der Waals surface area contributed by atoms with E-state index in [1.807, 2.05) is 65.2 Å². The van der Waals surface area contributed by atoms with Crippen LogP contribution in [0.5, 0.6) is 0 Å². The summed E-state index contributed by atoms with van der Waals surface area (Å²) in [7, 11) is 3.62. The van der Waals surface area contributed by atoms with E-state index in [-0.39, 0.29) is 24.5 Å². The Morgan fingerprint density at radius 3 is 2.57 bits per heavy atom. The quantitative estimate of drug-likeness (QED) is 0.577. The maximum absolute atomic E-state index is 13.1. The summed E-state index contributed by atoms with van der Waals surface area (Å²) in [5.74, 6) is -0.00835. The van der Waals surface area contributed by atoms with Crippen LogP contribution >= 0.6 is 0 Å². The van der Waals surface area contributed by atoms with Crippen molar-refractivity contribution in [2.75, 3.05) is 26.8 Å². The lowest BCUT2D eigenvalue weighted by Crippen LogP contribution is -2.47. The summed E-state index contributed by atoms with van der Waals surface area (Å²) in [6.07, 6.45) is 4.73. The van der Waals surface area contributed by atoms with Crippen LogP contribution in [0.1, 0.15) is 30.5 Å². The molecule has 0 atom stereocenters. The van der Waals surface area contributed by atoms with E-state index in [9.17, 15) is 9.59 Å². The van der Waals surface area contributed by atoms with Gasteiger partial charge in [0.15, 0.2) is 0 Å². The van der Waals surface area contributed by atoms with Crippen molar-refractivity contribution in [3.05, 3.63) is 59.9 Å². The monoisotopic (exact) mass is 412 g/mol. The lowest BCUT2D eigenvalue weighted by atomic mass is 10.2. The van der Waals surface area contributed by atoms with Crippen LogP contribution in [-0.4, -0.2) is 59.2 Å². The average molecular weight is 413 g/mol. The molecule has 30 heavy (non-hydrogen) atoms. The number of hydrogen-bond donors (Lipinski definition) is 1. The second-order valence-corrected chi connectivity index (χ2v) is 7.78. The van der Waals surface area contributed by atoms with Gasteiger partial charge in [0.25, 0.3) is 0 Å². The van der Waals surface area contributed by atoms with Crippen molar-refractivity contribution >= 4 is 11.9 Å². The number of methoxy groups -OCH3 is 1. The van der Waals surface area contributed by atoms with Gasteiger partial charge in [0.05, 0.1) is 6.54 Å². The lowest BCUT2D eigenvalue weighted by Gasteiger charge is -2.28. The molecule has 1 aromatic carbocycles. The summed E-state index contributed by atoms with van der Waals surface area (Å²) in [4.78, 5) is 29.5. The van der Waals surface area contributed by atoms with E-state index in [1.54, 1.807) is 12.0 Å². The molecule has 1 heterocycles. The van der Waals surface area contributed by atoms with Crippen LogP contribution in [0.25, 0.3) is 0 Å². The second kappa shape index (κ2) is 10.8. The van der Waals surface area contributed by atoms with Crippen molar-refractivity contribution < 1.29 is 14.3 Å². The number of nitrogens with zero attached hydrogens (tertiary/aromatic N) is 3. The summed E-state index contributed by atoms with van der Waals surface area (Å²) in [6, 6.07) is 13.8. The Bertz CT molecular complexity index is 817. The van der Waals surface area contributed by atoms with Crippen molar-refractivity contribution in [1.29, 1.82) is 0 Å². The molecular weight excluding hydrogens is 380 g/mol. The van der Waals surface area contributed by atoms with Gasteiger partial charge >= 0.3 is 6.03 Å². The Morgan fingerprint density at radius 2 is 1.93 bits per heavy atom. The minimum atomic E-state index is -0.224. The topological polar surface area (TPSA) is 66.8 Å². The zero-order valence-electron chi connectivity index (χ0n) is 17.9. The highest BCUT2D eigenvalue weighted by atomic mass is 16.5. The minimum Gasteiger partial charge on any atom is -0.385 e. The molecule has 0 bridgehead atoms. The molecule has 1 aliphatic rings. The van der Waals surface area contributed by atoms with Crippen LogP contribution in [-0.2, 0) is 29.7 Å². The van der Waals surface area contributed by atoms with Gasteiger partial charge in [-0.1, -0.05) is 30.3 Å². The number of carbonyl (C=O) groups excluding carboxylic acids is 2. The van der Waals surface area contributed by atoms with Crippen LogP contribution in [0.4, 0.5) is 4.79 Å². The number of aryl methyl sites for hydroxylation is 1. The first-order valence-corrected chi connectivity index (χ1v) is 10.5. The largest absolute Gasteiger partial charge is 0.385 e. The van der Waals surface area contributed by atoms with Crippen molar-refractivity contribution in [2.24, 2.45) is 7.05 Å². The number of rotatable bonds is 11. The number of amides is 3. The van der Waals surface area contributed by atoms with Crippen LogP contribution in [0.15, 0.2) is 48.7 Å². The SMILES string of the molecule is COCCCN(CC(=O)N(Cc1cccn1C)C1CC1)C(=O)NCc1ccccc1. The standard InChI is InChI=1S/C23H32N4O3/c1-25-13-6-10-21(25)17-27(20-11-12-20)22(28)18-26(14-7-15-30-2)23(29)24-16-19-8-4-3-5-9-19/h3-6,8-10,13,20H,7,11-12,14-18H2,1-2H3,(H,24,29).